The fraction of sp³-hybridized carbons (Fsp3) is 0.412. The summed E-state index contributed by atoms with van der Waals surface area (Å²) in [6.45, 7) is 9.07. The molecule has 0 spiro atoms. The minimum absolute atomic E-state index is 0.108. The molecular weight excluding hydrogens is 262 g/mol. The van der Waals surface area contributed by atoms with Crippen molar-refractivity contribution in [2.75, 3.05) is 5.32 Å². The zero-order chi connectivity index (χ0) is 15.4. The Hall–Kier alpha value is -2.10. The fourth-order valence-electron chi connectivity index (χ4n) is 2.32. The summed E-state index contributed by atoms with van der Waals surface area (Å²) in [6.07, 6.45) is 2.74. The minimum Gasteiger partial charge on any atom is -0.322 e. The first kappa shape index (κ1) is 15.3. The van der Waals surface area contributed by atoms with Crippen molar-refractivity contribution in [3.63, 3.8) is 0 Å². The van der Waals surface area contributed by atoms with E-state index in [0.29, 0.717) is 11.5 Å². The van der Waals surface area contributed by atoms with Crippen molar-refractivity contribution in [3.05, 3.63) is 47.3 Å². The Bertz CT molecular complexity index is 613. The lowest BCUT2D eigenvalue weighted by molar-refractivity contribution is 0.102. The molecule has 0 unspecified atom stereocenters. The summed E-state index contributed by atoms with van der Waals surface area (Å²) in [5.41, 5.74) is 3.63. The Labute approximate surface area is 126 Å². The monoisotopic (exact) mass is 285 g/mol. The molecule has 21 heavy (non-hydrogen) atoms. The molecule has 1 aromatic heterocycles. The molecule has 0 fully saturated rings. The highest BCUT2D eigenvalue weighted by Gasteiger charge is 2.13. The van der Waals surface area contributed by atoms with E-state index >= 15 is 0 Å². The van der Waals surface area contributed by atoms with E-state index in [1.165, 1.54) is 5.56 Å². The molecule has 0 bridgehead atoms. The number of aromatic nitrogens is 2. The second kappa shape index (κ2) is 6.57. The number of nitrogens with one attached hydrogen (secondary N) is 1. The highest BCUT2D eigenvalue weighted by atomic mass is 16.1. The van der Waals surface area contributed by atoms with Gasteiger partial charge in [-0.3, -0.25) is 9.48 Å². The molecule has 0 saturated carbocycles. The summed E-state index contributed by atoms with van der Waals surface area (Å²) in [6, 6.07) is 8.07. The first-order valence-electron chi connectivity index (χ1n) is 7.50. The largest absolute Gasteiger partial charge is 0.322 e. The van der Waals surface area contributed by atoms with Crippen molar-refractivity contribution in [2.24, 2.45) is 0 Å². The number of carbonyl (C=O) groups is 1. The van der Waals surface area contributed by atoms with Crippen LogP contribution < -0.4 is 5.32 Å². The zero-order valence-corrected chi connectivity index (χ0v) is 13.2. The Morgan fingerprint density at radius 1 is 1.29 bits per heavy atom. The van der Waals surface area contributed by atoms with Crippen molar-refractivity contribution >= 4 is 11.6 Å². The number of carbonyl (C=O) groups excluding carboxylic acids is 1. The SMILES string of the molecule is CC[C@H](C)c1ccc(NC(=O)c2cnn(CC)c2C)cc1. The van der Waals surface area contributed by atoms with Crippen LogP contribution in [0.25, 0.3) is 0 Å². The van der Waals surface area contributed by atoms with E-state index in [4.69, 9.17) is 0 Å². The minimum atomic E-state index is -0.108. The number of amides is 1. The topological polar surface area (TPSA) is 46.9 Å². The lowest BCUT2D eigenvalue weighted by Gasteiger charge is -2.10. The van der Waals surface area contributed by atoms with Gasteiger partial charge in [-0.25, -0.2) is 0 Å². The molecule has 1 aromatic carbocycles. The van der Waals surface area contributed by atoms with Crippen molar-refractivity contribution < 1.29 is 4.79 Å². The van der Waals surface area contributed by atoms with E-state index in [1.807, 2.05) is 30.7 Å². The van der Waals surface area contributed by atoms with Gasteiger partial charge in [-0.05, 0) is 43.9 Å². The van der Waals surface area contributed by atoms with Gasteiger partial charge in [0.2, 0.25) is 0 Å². The molecule has 0 aliphatic rings. The molecule has 2 rings (SSSR count). The van der Waals surface area contributed by atoms with E-state index in [9.17, 15) is 4.79 Å². The van der Waals surface area contributed by atoms with Gasteiger partial charge in [-0.1, -0.05) is 26.0 Å². The third-order valence-electron chi connectivity index (χ3n) is 4.00. The van der Waals surface area contributed by atoms with Gasteiger partial charge >= 0.3 is 0 Å². The van der Waals surface area contributed by atoms with E-state index in [1.54, 1.807) is 6.20 Å². The molecule has 1 atom stereocenters. The maximum atomic E-state index is 12.3. The van der Waals surface area contributed by atoms with Crippen molar-refractivity contribution in [3.8, 4) is 0 Å². The van der Waals surface area contributed by atoms with Crippen molar-refractivity contribution in [2.45, 2.75) is 46.6 Å². The average Bonchev–Trinajstić information content (AvgIpc) is 2.88. The van der Waals surface area contributed by atoms with Gasteiger partial charge in [0.05, 0.1) is 11.8 Å². The summed E-state index contributed by atoms with van der Waals surface area (Å²) in [5.74, 6) is 0.434. The second-order valence-corrected chi connectivity index (χ2v) is 5.34. The van der Waals surface area contributed by atoms with Crippen LogP contribution in [0.1, 0.15) is 54.7 Å². The van der Waals surface area contributed by atoms with E-state index in [0.717, 1.165) is 24.3 Å². The van der Waals surface area contributed by atoms with E-state index in [-0.39, 0.29) is 5.91 Å². The van der Waals surface area contributed by atoms with Crippen LogP contribution >= 0.6 is 0 Å². The summed E-state index contributed by atoms with van der Waals surface area (Å²) < 4.78 is 1.82. The van der Waals surface area contributed by atoms with Crippen molar-refractivity contribution in [1.29, 1.82) is 0 Å². The number of hydrogen-bond acceptors (Lipinski definition) is 2. The first-order chi connectivity index (χ1) is 10.1. The van der Waals surface area contributed by atoms with Gasteiger partial charge in [-0.2, -0.15) is 5.10 Å². The Morgan fingerprint density at radius 2 is 1.95 bits per heavy atom. The molecule has 0 aliphatic heterocycles. The number of hydrogen-bond donors (Lipinski definition) is 1. The predicted molar refractivity (Wildman–Crippen MR) is 85.7 cm³/mol. The normalized spacial score (nSPS) is 12.2. The molecule has 4 heteroatoms. The third kappa shape index (κ3) is 3.32. The molecule has 2 aromatic rings. The summed E-state index contributed by atoms with van der Waals surface area (Å²) in [5, 5.41) is 7.13. The van der Waals surface area contributed by atoms with Crippen LogP contribution in [-0.4, -0.2) is 15.7 Å². The van der Waals surface area contributed by atoms with Crippen LogP contribution in [0.3, 0.4) is 0 Å². The van der Waals surface area contributed by atoms with E-state index < -0.39 is 0 Å². The molecule has 112 valence electrons. The van der Waals surface area contributed by atoms with Crippen LogP contribution in [0, 0.1) is 6.92 Å². The number of nitrogens with zero attached hydrogens (tertiary/aromatic N) is 2. The second-order valence-electron chi connectivity index (χ2n) is 5.34. The molecular formula is C17H23N3O. The molecule has 0 aliphatic carbocycles. The Kier molecular flexibility index (Phi) is 4.78. The highest BCUT2D eigenvalue weighted by Crippen LogP contribution is 2.21. The summed E-state index contributed by atoms with van der Waals surface area (Å²) >= 11 is 0. The smallest absolute Gasteiger partial charge is 0.259 e. The van der Waals surface area contributed by atoms with Gasteiger partial charge in [0, 0.05) is 17.9 Å². The zero-order valence-electron chi connectivity index (χ0n) is 13.2. The lowest BCUT2D eigenvalue weighted by atomic mass is 9.98. The maximum Gasteiger partial charge on any atom is 0.259 e. The number of benzene rings is 1. The summed E-state index contributed by atoms with van der Waals surface area (Å²) in [4.78, 5) is 12.3. The maximum absolute atomic E-state index is 12.3. The average molecular weight is 285 g/mol. The molecule has 1 heterocycles. The number of rotatable bonds is 5. The molecule has 1 amide bonds. The molecule has 1 N–H and O–H groups in total. The van der Waals surface area contributed by atoms with Gasteiger partial charge in [0.1, 0.15) is 0 Å². The lowest BCUT2D eigenvalue weighted by Crippen LogP contribution is -2.13. The van der Waals surface area contributed by atoms with Gasteiger partial charge in [0.15, 0.2) is 0 Å². The van der Waals surface area contributed by atoms with Gasteiger partial charge in [-0.15, -0.1) is 0 Å². The third-order valence-corrected chi connectivity index (χ3v) is 4.00. The number of aryl methyl sites for hydroxylation is 1. The fourth-order valence-corrected chi connectivity index (χ4v) is 2.32. The van der Waals surface area contributed by atoms with Crippen LogP contribution in [0.2, 0.25) is 0 Å². The Morgan fingerprint density at radius 3 is 2.48 bits per heavy atom. The highest BCUT2D eigenvalue weighted by molar-refractivity contribution is 6.04. The van der Waals surface area contributed by atoms with Crippen molar-refractivity contribution in [1.82, 2.24) is 9.78 Å². The van der Waals surface area contributed by atoms with Crippen LogP contribution in [0.15, 0.2) is 30.5 Å². The quantitative estimate of drug-likeness (QED) is 0.903. The van der Waals surface area contributed by atoms with Crippen LogP contribution in [0.4, 0.5) is 5.69 Å². The summed E-state index contributed by atoms with van der Waals surface area (Å²) in [7, 11) is 0. The standard InChI is InChI=1S/C17H23N3O/c1-5-12(3)14-7-9-15(10-8-14)19-17(21)16-11-18-20(6-2)13(16)4/h7-12H,5-6H2,1-4H3,(H,19,21)/t12-/m0/s1. The predicted octanol–water partition coefficient (Wildman–Crippen LogP) is 3.98. The molecule has 0 radical (unpaired) electrons. The van der Waals surface area contributed by atoms with Gasteiger partial charge in [0.25, 0.3) is 5.91 Å². The van der Waals surface area contributed by atoms with Crippen LogP contribution in [-0.2, 0) is 6.54 Å². The molecule has 0 saturated heterocycles. The van der Waals surface area contributed by atoms with Gasteiger partial charge < -0.3 is 5.32 Å². The van der Waals surface area contributed by atoms with E-state index in [2.05, 4.69) is 36.4 Å². The Balaban J connectivity index is 2.10. The number of anilines is 1. The first-order valence-corrected chi connectivity index (χ1v) is 7.50. The molecule has 4 nitrogen and oxygen atoms in total. The van der Waals surface area contributed by atoms with Crippen LogP contribution in [0.5, 0.6) is 0 Å².